The Bertz CT molecular complexity index is 199. The molecule has 2 N–H and O–H groups in total. The first-order valence-electron chi connectivity index (χ1n) is 4.03. The van der Waals surface area contributed by atoms with Crippen molar-refractivity contribution in [3.05, 3.63) is 0 Å². The van der Waals surface area contributed by atoms with Gasteiger partial charge in [-0.25, -0.2) is 9.59 Å². The van der Waals surface area contributed by atoms with Gasteiger partial charge in [0.1, 0.15) is 5.75 Å². The fourth-order valence-corrected chi connectivity index (χ4v) is 1.41. The Hall–Kier alpha value is -0.950. The predicted molar refractivity (Wildman–Crippen MR) is 50.5 cm³/mol. The summed E-state index contributed by atoms with van der Waals surface area (Å²) in [6.45, 7) is 2.09. The summed E-state index contributed by atoms with van der Waals surface area (Å²) in [5.74, 6) is -1.39. The first kappa shape index (κ1) is 13.1. The highest BCUT2D eigenvalue weighted by Gasteiger charge is 2.11. The number of carboxylic acid groups (broad SMARTS) is 1. The van der Waals surface area contributed by atoms with Gasteiger partial charge >= 0.3 is 12.1 Å². The van der Waals surface area contributed by atoms with E-state index in [1.807, 2.05) is 0 Å². The van der Waals surface area contributed by atoms with Gasteiger partial charge in [-0.3, -0.25) is 0 Å². The number of ether oxygens (including phenoxy) is 1. The quantitative estimate of drug-likeness (QED) is 0.595. The Morgan fingerprint density at radius 1 is 1.57 bits per heavy atom. The molecule has 0 fully saturated rings. The molecule has 0 rings (SSSR count). The average Bonchev–Trinajstić information content (AvgIpc) is 2.02. The summed E-state index contributed by atoms with van der Waals surface area (Å²) in [7, 11) is 0. The molecular weight excluding hydrogens is 210 g/mol. The number of alkyl carbamates (subject to hydrolysis) is 1. The molecule has 0 spiro atoms. The third-order valence-corrected chi connectivity index (χ3v) is 2.39. The highest BCUT2D eigenvalue weighted by atomic mass is 32.2. The SMILES string of the molecule is CCOC(=O)NCC[S+]([O-])CC(=O)O. The van der Waals surface area contributed by atoms with Crippen molar-refractivity contribution in [3.63, 3.8) is 0 Å². The highest BCUT2D eigenvalue weighted by molar-refractivity contribution is 7.92. The predicted octanol–water partition coefficient (Wildman–Crippen LogP) is -0.434. The number of carbonyl (C=O) groups is 2. The third kappa shape index (κ3) is 7.69. The Kier molecular flexibility index (Phi) is 6.95. The van der Waals surface area contributed by atoms with Crippen molar-refractivity contribution >= 4 is 23.2 Å². The van der Waals surface area contributed by atoms with Crippen LogP contribution in [0.5, 0.6) is 0 Å². The van der Waals surface area contributed by atoms with Crippen LogP contribution in [-0.4, -0.2) is 46.4 Å². The molecule has 0 saturated heterocycles. The second-order valence-electron chi connectivity index (χ2n) is 2.33. The number of hydrogen-bond donors (Lipinski definition) is 2. The fourth-order valence-electron chi connectivity index (χ4n) is 0.659. The average molecular weight is 223 g/mol. The van der Waals surface area contributed by atoms with Crippen LogP contribution in [0.25, 0.3) is 0 Å². The molecule has 82 valence electrons. The van der Waals surface area contributed by atoms with E-state index < -0.39 is 29.0 Å². The van der Waals surface area contributed by atoms with E-state index in [9.17, 15) is 14.1 Å². The van der Waals surface area contributed by atoms with Crippen LogP contribution in [0.2, 0.25) is 0 Å². The zero-order chi connectivity index (χ0) is 11.0. The van der Waals surface area contributed by atoms with Crippen molar-refractivity contribution in [1.82, 2.24) is 5.32 Å². The molecular formula is C7H13NO5S. The molecule has 0 heterocycles. The third-order valence-electron chi connectivity index (χ3n) is 1.16. The zero-order valence-corrected chi connectivity index (χ0v) is 8.63. The molecule has 0 aromatic heterocycles. The van der Waals surface area contributed by atoms with Gasteiger partial charge in [0, 0.05) is 0 Å². The van der Waals surface area contributed by atoms with Crippen LogP contribution in [0.1, 0.15) is 6.92 Å². The number of carboxylic acids is 1. The summed E-state index contributed by atoms with van der Waals surface area (Å²) in [5, 5.41) is 10.6. The van der Waals surface area contributed by atoms with E-state index in [4.69, 9.17) is 5.11 Å². The minimum absolute atomic E-state index is 0.116. The van der Waals surface area contributed by atoms with Gasteiger partial charge in [-0.05, 0) is 18.1 Å². The smallest absolute Gasteiger partial charge is 0.407 e. The van der Waals surface area contributed by atoms with Gasteiger partial charge in [0.2, 0.25) is 5.75 Å². The number of amides is 1. The fraction of sp³-hybridized carbons (Fsp3) is 0.714. The van der Waals surface area contributed by atoms with Crippen LogP contribution in [0.3, 0.4) is 0 Å². The topological polar surface area (TPSA) is 98.7 Å². The normalized spacial score (nSPS) is 11.9. The van der Waals surface area contributed by atoms with E-state index in [0.717, 1.165) is 0 Å². The van der Waals surface area contributed by atoms with Crippen molar-refractivity contribution in [3.8, 4) is 0 Å². The number of aliphatic carboxylic acids is 1. The summed E-state index contributed by atoms with van der Waals surface area (Å²) in [4.78, 5) is 20.8. The van der Waals surface area contributed by atoms with Crippen molar-refractivity contribution in [1.29, 1.82) is 0 Å². The molecule has 0 aromatic carbocycles. The van der Waals surface area contributed by atoms with Gasteiger partial charge in [0.15, 0.2) is 0 Å². The first-order chi connectivity index (χ1) is 6.56. The Balaban J connectivity index is 3.43. The molecule has 6 nitrogen and oxygen atoms in total. The van der Waals surface area contributed by atoms with Crippen molar-refractivity contribution < 1.29 is 24.0 Å². The van der Waals surface area contributed by atoms with Gasteiger partial charge in [0.05, 0.1) is 13.2 Å². The van der Waals surface area contributed by atoms with Crippen molar-refractivity contribution in [2.45, 2.75) is 6.92 Å². The molecule has 1 amide bonds. The summed E-state index contributed by atoms with van der Waals surface area (Å²) in [6.07, 6.45) is -0.583. The largest absolute Gasteiger partial charge is 0.616 e. The first-order valence-corrected chi connectivity index (χ1v) is 5.52. The molecule has 7 heteroatoms. The molecule has 0 aliphatic rings. The molecule has 0 radical (unpaired) electrons. The Morgan fingerprint density at radius 2 is 2.21 bits per heavy atom. The molecule has 0 aliphatic carbocycles. The van der Waals surface area contributed by atoms with Crippen LogP contribution in [0.15, 0.2) is 0 Å². The molecule has 1 unspecified atom stereocenters. The van der Waals surface area contributed by atoms with E-state index in [1.54, 1.807) is 6.92 Å². The monoisotopic (exact) mass is 223 g/mol. The summed E-state index contributed by atoms with van der Waals surface area (Å²) in [6, 6.07) is 0. The van der Waals surface area contributed by atoms with Crippen LogP contribution in [0, 0.1) is 0 Å². The van der Waals surface area contributed by atoms with Crippen molar-refractivity contribution in [2.24, 2.45) is 0 Å². The molecule has 0 aromatic rings. The molecule has 1 atom stereocenters. The van der Waals surface area contributed by atoms with Gasteiger partial charge in [0.25, 0.3) is 0 Å². The second-order valence-corrected chi connectivity index (χ2v) is 3.91. The number of hydrogen-bond acceptors (Lipinski definition) is 4. The van der Waals surface area contributed by atoms with E-state index in [1.165, 1.54) is 0 Å². The van der Waals surface area contributed by atoms with Crippen molar-refractivity contribution in [2.75, 3.05) is 24.7 Å². The van der Waals surface area contributed by atoms with Gasteiger partial charge in [-0.15, -0.1) is 0 Å². The molecule has 0 saturated carbocycles. The Morgan fingerprint density at radius 3 is 2.71 bits per heavy atom. The zero-order valence-electron chi connectivity index (χ0n) is 7.82. The number of nitrogens with one attached hydrogen (secondary N) is 1. The lowest BCUT2D eigenvalue weighted by atomic mass is 10.7. The van der Waals surface area contributed by atoms with E-state index >= 15 is 0 Å². The van der Waals surface area contributed by atoms with Crippen LogP contribution < -0.4 is 5.32 Å². The minimum Gasteiger partial charge on any atom is -0.616 e. The van der Waals surface area contributed by atoms with Crippen LogP contribution >= 0.6 is 0 Å². The summed E-state index contributed by atoms with van der Waals surface area (Å²) < 4.78 is 15.5. The van der Waals surface area contributed by atoms with Gasteiger partial charge in [-0.1, -0.05) is 0 Å². The highest BCUT2D eigenvalue weighted by Crippen LogP contribution is 1.89. The van der Waals surface area contributed by atoms with Gasteiger partial charge in [-0.2, -0.15) is 0 Å². The maximum absolute atomic E-state index is 10.9. The standard InChI is InChI=1S/C7H13NO5S/c1-2-13-7(11)8-3-4-14(12)5-6(9)10/h2-5H2,1H3,(H,8,11)(H,9,10). The number of carbonyl (C=O) groups excluding carboxylic acids is 1. The number of rotatable bonds is 6. The van der Waals surface area contributed by atoms with Crippen LogP contribution in [0.4, 0.5) is 4.79 Å². The maximum Gasteiger partial charge on any atom is 0.407 e. The van der Waals surface area contributed by atoms with E-state index in [0.29, 0.717) is 0 Å². The Labute approximate surface area is 84.8 Å². The lowest BCUT2D eigenvalue weighted by Crippen LogP contribution is -2.31. The minimum atomic E-state index is -1.44. The lowest BCUT2D eigenvalue weighted by molar-refractivity contribution is -0.134. The summed E-state index contributed by atoms with van der Waals surface area (Å²) >= 11 is -1.44. The molecule has 0 bridgehead atoms. The van der Waals surface area contributed by atoms with E-state index in [2.05, 4.69) is 10.1 Å². The maximum atomic E-state index is 10.9. The molecule has 0 aliphatic heterocycles. The summed E-state index contributed by atoms with van der Waals surface area (Å²) in [5.41, 5.74) is 0. The molecule has 14 heavy (non-hydrogen) atoms. The van der Waals surface area contributed by atoms with E-state index in [-0.39, 0.29) is 18.9 Å². The lowest BCUT2D eigenvalue weighted by Gasteiger charge is -2.08. The van der Waals surface area contributed by atoms with Crippen LogP contribution in [-0.2, 0) is 20.7 Å². The second kappa shape index (κ2) is 7.45. The van der Waals surface area contributed by atoms with Gasteiger partial charge < -0.3 is 19.7 Å².